The van der Waals surface area contributed by atoms with Crippen LogP contribution >= 0.6 is 12.2 Å². The molecule has 0 aliphatic heterocycles. The number of rotatable bonds is 4. The van der Waals surface area contributed by atoms with Crippen molar-refractivity contribution in [3.63, 3.8) is 0 Å². The SMILES string of the molecule is CCC/C(=N/NC(=S)N(C)C)c1ccccn1. The van der Waals surface area contributed by atoms with Crippen LogP contribution in [0.25, 0.3) is 0 Å². The van der Waals surface area contributed by atoms with Crippen LogP contribution in [0.5, 0.6) is 0 Å². The van der Waals surface area contributed by atoms with Crippen LogP contribution in [0.4, 0.5) is 0 Å². The monoisotopic (exact) mass is 250 g/mol. The first kappa shape index (κ1) is 13.6. The molecule has 0 atom stereocenters. The maximum absolute atomic E-state index is 5.12. The molecule has 1 aromatic rings. The number of nitrogens with one attached hydrogen (secondary N) is 1. The first-order chi connectivity index (χ1) is 8.15. The highest BCUT2D eigenvalue weighted by atomic mass is 32.1. The van der Waals surface area contributed by atoms with Gasteiger partial charge in [0, 0.05) is 20.3 Å². The van der Waals surface area contributed by atoms with Gasteiger partial charge in [0.15, 0.2) is 5.11 Å². The molecule has 0 saturated heterocycles. The number of aromatic nitrogens is 1. The Labute approximate surface area is 108 Å². The smallest absolute Gasteiger partial charge is 0.189 e. The highest BCUT2D eigenvalue weighted by Crippen LogP contribution is 2.02. The fourth-order valence-corrected chi connectivity index (χ4v) is 1.27. The zero-order valence-electron chi connectivity index (χ0n) is 10.5. The van der Waals surface area contributed by atoms with Gasteiger partial charge in [-0.25, -0.2) is 0 Å². The highest BCUT2D eigenvalue weighted by molar-refractivity contribution is 7.80. The molecule has 0 unspecified atom stereocenters. The van der Waals surface area contributed by atoms with Crippen molar-refractivity contribution in [2.45, 2.75) is 19.8 Å². The summed E-state index contributed by atoms with van der Waals surface area (Å²) in [5.41, 5.74) is 4.69. The van der Waals surface area contributed by atoms with E-state index < -0.39 is 0 Å². The van der Waals surface area contributed by atoms with E-state index >= 15 is 0 Å². The number of pyridine rings is 1. The molecule has 0 aromatic carbocycles. The molecule has 1 N–H and O–H groups in total. The van der Waals surface area contributed by atoms with Gasteiger partial charge in [-0.1, -0.05) is 19.4 Å². The molecule has 0 bridgehead atoms. The average Bonchev–Trinajstić information content (AvgIpc) is 2.35. The lowest BCUT2D eigenvalue weighted by molar-refractivity contribution is 0.605. The maximum Gasteiger partial charge on any atom is 0.189 e. The molecule has 0 aliphatic carbocycles. The van der Waals surface area contributed by atoms with Crippen LogP contribution in [0.2, 0.25) is 0 Å². The predicted octanol–water partition coefficient (Wildman–Crippen LogP) is 2.02. The average molecular weight is 250 g/mol. The van der Waals surface area contributed by atoms with E-state index in [1.165, 1.54) is 0 Å². The summed E-state index contributed by atoms with van der Waals surface area (Å²) in [6.07, 6.45) is 3.66. The maximum atomic E-state index is 5.12. The molecule has 0 amide bonds. The molecular formula is C12H18N4S. The fraction of sp³-hybridized carbons (Fsp3) is 0.417. The van der Waals surface area contributed by atoms with E-state index in [-0.39, 0.29) is 0 Å². The van der Waals surface area contributed by atoms with Gasteiger partial charge in [-0.2, -0.15) is 5.10 Å². The van der Waals surface area contributed by atoms with Crippen molar-refractivity contribution >= 4 is 23.0 Å². The zero-order valence-corrected chi connectivity index (χ0v) is 11.3. The van der Waals surface area contributed by atoms with Gasteiger partial charge in [0.2, 0.25) is 0 Å². The number of thiocarbonyl (C=S) groups is 1. The minimum atomic E-state index is 0.592. The first-order valence-corrected chi connectivity index (χ1v) is 6.01. The fourth-order valence-electron chi connectivity index (χ4n) is 1.23. The molecule has 5 heteroatoms. The molecule has 1 aromatic heterocycles. The number of hydrazone groups is 1. The van der Waals surface area contributed by atoms with E-state index in [9.17, 15) is 0 Å². The van der Waals surface area contributed by atoms with Gasteiger partial charge in [-0.05, 0) is 30.8 Å². The first-order valence-electron chi connectivity index (χ1n) is 5.60. The second kappa shape index (κ2) is 6.96. The summed E-state index contributed by atoms with van der Waals surface area (Å²) in [4.78, 5) is 6.10. The number of hydrogen-bond acceptors (Lipinski definition) is 3. The Morgan fingerprint density at radius 2 is 2.24 bits per heavy atom. The van der Waals surface area contributed by atoms with Crippen molar-refractivity contribution in [2.75, 3.05) is 14.1 Å². The minimum Gasteiger partial charge on any atom is -0.354 e. The topological polar surface area (TPSA) is 40.5 Å². The van der Waals surface area contributed by atoms with Gasteiger partial charge in [0.25, 0.3) is 0 Å². The third-order valence-corrected chi connectivity index (χ3v) is 2.60. The van der Waals surface area contributed by atoms with Crippen LogP contribution in [0.1, 0.15) is 25.5 Å². The lowest BCUT2D eigenvalue weighted by atomic mass is 10.1. The molecule has 1 heterocycles. The van der Waals surface area contributed by atoms with E-state index in [1.54, 1.807) is 11.1 Å². The molecule has 0 saturated carbocycles. The van der Waals surface area contributed by atoms with Crippen molar-refractivity contribution in [3.8, 4) is 0 Å². The molecule has 17 heavy (non-hydrogen) atoms. The Kier molecular flexibility index (Phi) is 5.56. The minimum absolute atomic E-state index is 0.592. The second-order valence-corrected chi connectivity index (χ2v) is 4.22. The van der Waals surface area contributed by atoms with Crippen LogP contribution in [0.3, 0.4) is 0 Å². The Balaban J connectivity index is 2.79. The lowest BCUT2D eigenvalue weighted by Gasteiger charge is -2.13. The highest BCUT2D eigenvalue weighted by Gasteiger charge is 2.04. The lowest BCUT2D eigenvalue weighted by Crippen LogP contribution is -2.31. The van der Waals surface area contributed by atoms with Crippen molar-refractivity contribution < 1.29 is 0 Å². The Morgan fingerprint density at radius 3 is 2.76 bits per heavy atom. The molecule has 0 fully saturated rings. The third-order valence-electron chi connectivity index (χ3n) is 2.14. The summed E-state index contributed by atoms with van der Waals surface area (Å²) < 4.78 is 0. The standard InChI is InChI=1S/C12H18N4S/c1-4-7-11(10-8-5-6-9-13-10)14-15-12(17)16(2)3/h5-6,8-9H,4,7H2,1-3H3,(H,15,17)/b14-11-. The summed E-state index contributed by atoms with van der Waals surface area (Å²) in [6.45, 7) is 2.11. The van der Waals surface area contributed by atoms with Crippen molar-refractivity contribution in [3.05, 3.63) is 30.1 Å². The summed E-state index contributed by atoms with van der Waals surface area (Å²) in [7, 11) is 3.76. The molecule has 0 radical (unpaired) electrons. The normalized spacial score (nSPS) is 11.1. The van der Waals surface area contributed by atoms with Gasteiger partial charge < -0.3 is 4.90 Å². The molecule has 4 nitrogen and oxygen atoms in total. The number of nitrogens with zero attached hydrogens (tertiary/aromatic N) is 3. The van der Waals surface area contributed by atoms with Gasteiger partial charge in [0.05, 0.1) is 11.4 Å². The molecule has 92 valence electrons. The van der Waals surface area contributed by atoms with E-state index in [0.717, 1.165) is 24.2 Å². The molecule has 0 spiro atoms. The molecular weight excluding hydrogens is 232 g/mol. The van der Waals surface area contributed by atoms with E-state index in [4.69, 9.17) is 12.2 Å². The van der Waals surface area contributed by atoms with Crippen LogP contribution in [-0.4, -0.2) is 34.8 Å². The van der Waals surface area contributed by atoms with Gasteiger partial charge >= 0.3 is 0 Å². The van der Waals surface area contributed by atoms with Gasteiger partial charge in [0.1, 0.15) is 0 Å². The summed E-state index contributed by atoms with van der Waals surface area (Å²) in [5, 5.41) is 4.92. The van der Waals surface area contributed by atoms with Crippen LogP contribution in [0.15, 0.2) is 29.5 Å². The quantitative estimate of drug-likeness (QED) is 0.504. The van der Waals surface area contributed by atoms with Gasteiger partial charge in [-0.3, -0.25) is 10.4 Å². The van der Waals surface area contributed by atoms with E-state index in [2.05, 4.69) is 22.4 Å². The second-order valence-electron chi connectivity index (χ2n) is 3.83. The molecule has 1 rings (SSSR count). The van der Waals surface area contributed by atoms with Crippen LogP contribution in [0, 0.1) is 0 Å². The van der Waals surface area contributed by atoms with Crippen molar-refractivity contribution in [2.24, 2.45) is 5.10 Å². The summed E-state index contributed by atoms with van der Waals surface area (Å²) >= 11 is 5.12. The van der Waals surface area contributed by atoms with Crippen LogP contribution in [-0.2, 0) is 0 Å². The Hall–Kier alpha value is -1.49. The van der Waals surface area contributed by atoms with Crippen molar-refractivity contribution in [1.82, 2.24) is 15.3 Å². The van der Waals surface area contributed by atoms with Gasteiger partial charge in [-0.15, -0.1) is 0 Å². The Morgan fingerprint density at radius 1 is 1.47 bits per heavy atom. The van der Waals surface area contributed by atoms with E-state index in [1.807, 2.05) is 32.3 Å². The van der Waals surface area contributed by atoms with Crippen molar-refractivity contribution in [1.29, 1.82) is 0 Å². The Bertz CT molecular complexity index is 387. The summed E-state index contributed by atoms with van der Waals surface area (Å²) in [6, 6.07) is 5.80. The third kappa shape index (κ3) is 4.48. The zero-order chi connectivity index (χ0) is 12.7. The van der Waals surface area contributed by atoms with E-state index in [0.29, 0.717) is 5.11 Å². The number of hydrogen-bond donors (Lipinski definition) is 1. The predicted molar refractivity (Wildman–Crippen MR) is 75.1 cm³/mol. The summed E-state index contributed by atoms with van der Waals surface area (Å²) in [5.74, 6) is 0. The van der Waals surface area contributed by atoms with Crippen LogP contribution < -0.4 is 5.43 Å². The largest absolute Gasteiger partial charge is 0.354 e. The molecule has 0 aliphatic rings.